The van der Waals surface area contributed by atoms with Gasteiger partial charge in [-0.1, -0.05) is 381 Å². The van der Waals surface area contributed by atoms with E-state index < -0.39 is 7.26 Å². The molecule has 434 valence electrons. The van der Waals surface area contributed by atoms with E-state index in [0.717, 1.165) is 0 Å². The highest BCUT2D eigenvalue weighted by molar-refractivity contribution is 7.75. The standard InChI is InChI=1S/C71H146P/c1-5-9-13-17-21-25-29-33-37-41-45-49-53-57-61-65-69-72(68-64-60-56-52-48-44-40-36-32-28-24-20-16-12-8-4,70-66-62-58-54-50-46-42-38-34-30-26-22-18-14-10-6-2)71-67-63-59-55-51-47-43-39-35-31-27-23-19-15-11-7-3/h5-71H2,1-4H3/q+1. The van der Waals surface area contributed by atoms with Crippen molar-refractivity contribution in [3.63, 3.8) is 0 Å². The molecule has 0 rings (SSSR count). The van der Waals surface area contributed by atoms with E-state index in [4.69, 9.17) is 0 Å². The van der Waals surface area contributed by atoms with Crippen molar-refractivity contribution in [1.29, 1.82) is 0 Å². The van der Waals surface area contributed by atoms with Gasteiger partial charge >= 0.3 is 0 Å². The fourth-order valence-corrected chi connectivity index (χ4v) is 17.4. The number of hydrogen-bond acceptors (Lipinski definition) is 0. The average Bonchev–Trinajstić information content (AvgIpc) is 3.39. The zero-order chi connectivity index (χ0) is 51.9. The lowest BCUT2D eigenvalue weighted by atomic mass is 10.0. The Labute approximate surface area is 461 Å². The monoisotopic (exact) mass is 1030 g/mol. The van der Waals surface area contributed by atoms with E-state index in [1.807, 2.05) is 0 Å². The fourth-order valence-electron chi connectivity index (χ4n) is 12.5. The van der Waals surface area contributed by atoms with Gasteiger partial charge in [0.2, 0.25) is 0 Å². The molecule has 0 nitrogen and oxygen atoms in total. The van der Waals surface area contributed by atoms with Crippen molar-refractivity contribution in [1.82, 2.24) is 0 Å². The predicted molar refractivity (Wildman–Crippen MR) is 340 cm³/mol. The Hall–Kier alpha value is 0.430. The zero-order valence-electron chi connectivity index (χ0n) is 51.8. The van der Waals surface area contributed by atoms with Crippen molar-refractivity contribution in [2.45, 2.75) is 432 Å². The number of rotatable bonds is 67. The van der Waals surface area contributed by atoms with Crippen molar-refractivity contribution < 1.29 is 0 Å². The SMILES string of the molecule is CCCCCCCCCCCCCCCCCC[P+](CCCCCCCCCCCCCCCCC)(CCCCCCCCCCCCCCCCCC)CCCCCCCCCCCCCCCCCC. The summed E-state index contributed by atoms with van der Waals surface area (Å²) in [6.07, 6.45) is 101. The molecule has 0 aromatic heterocycles. The molecule has 0 radical (unpaired) electrons. The molecular formula is C71H146P+. The van der Waals surface area contributed by atoms with Crippen molar-refractivity contribution >= 4 is 7.26 Å². The molecule has 0 heterocycles. The van der Waals surface area contributed by atoms with Crippen molar-refractivity contribution in [3.8, 4) is 0 Å². The molecule has 0 aromatic rings. The van der Waals surface area contributed by atoms with Gasteiger partial charge in [0.05, 0.1) is 24.6 Å². The molecule has 0 N–H and O–H groups in total. The minimum Gasteiger partial charge on any atom is -0.0654 e. The van der Waals surface area contributed by atoms with Crippen molar-refractivity contribution in [2.75, 3.05) is 24.6 Å². The maximum absolute atomic E-state index is 2.34. The molecule has 0 aliphatic rings. The van der Waals surface area contributed by atoms with Gasteiger partial charge in [-0.3, -0.25) is 0 Å². The summed E-state index contributed by atoms with van der Waals surface area (Å²) in [5, 5.41) is 0. The molecule has 0 fully saturated rings. The summed E-state index contributed by atoms with van der Waals surface area (Å²) in [5.41, 5.74) is 0. The molecule has 0 amide bonds. The molecule has 0 unspecified atom stereocenters. The first kappa shape index (κ1) is 72.4. The van der Waals surface area contributed by atoms with Crippen LogP contribution in [0.15, 0.2) is 0 Å². The summed E-state index contributed by atoms with van der Waals surface area (Å²) in [6.45, 7) is 9.34. The van der Waals surface area contributed by atoms with Crippen LogP contribution in [0, 0.1) is 0 Å². The van der Waals surface area contributed by atoms with Gasteiger partial charge in [0.15, 0.2) is 0 Å². The van der Waals surface area contributed by atoms with Crippen molar-refractivity contribution in [2.24, 2.45) is 0 Å². The molecule has 0 saturated heterocycles. The summed E-state index contributed by atoms with van der Waals surface area (Å²) >= 11 is 0. The Morgan fingerprint density at radius 3 is 0.292 bits per heavy atom. The topological polar surface area (TPSA) is 0 Å². The van der Waals surface area contributed by atoms with E-state index >= 15 is 0 Å². The van der Waals surface area contributed by atoms with Gasteiger partial charge in [-0.15, -0.1) is 0 Å². The molecule has 1 heteroatoms. The Kier molecular flexibility index (Phi) is 66.1. The van der Waals surface area contributed by atoms with Crippen LogP contribution in [0.4, 0.5) is 0 Å². The summed E-state index contributed by atoms with van der Waals surface area (Å²) in [6, 6.07) is 0. The van der Waals surface area contributed by atoms with E-state index in [1.54, 1.807) is 50.3 Å². The minimum absolute atomic E-state index is 0.847. The van der Waals surface area contributed by atoms with Gasteiger partial charge in [0.25, 0.3) is 0 Å². The largest absolute Gasteiger partial charge is 0.0654 e. The second-order valence-corrected chi connectivity index (χ2v) is 29.6. The van der Waals surface area contributed by atoms with Gasteiger partial charge in [-0.05, 0) is 51.4 Å². The van der Waals surface area contributed by atoms with E-state index in [9.17, 15) is 0 Å². The average molecular weight is 1030 g/mol. The maximum Gasteiger partial charge on any atom is 0.0594 e. The Morgan fingerprint density at radius 2 is 0.194 bits per heavy atom. The van der Waals surface area contributed by atoms with Gasteiger partial charge in [-0.2, -0.15) is 0 Å². The highest BCUT2D eigenvalue weighted by atomic mass is 31.2. The predicted octanol–water partition coefficient (Wildman–Crippen LogP) is 27.7. The Bertz CT molecular complexity index is 821. The van der Waals surface area contributed by atoms with Gasteiger partial charge < -0.3 is 0 Å². The molecule has 0 aliphatic carbocycles. The lowest BCUT2D eigenvalue weighted by Gasteiger charge is -2.28. The lowest BCUT2D eigenvalue weighted by Crippen LogP contribution is -2.13. The van der Waals surface area contributed by atoms with Gasteiger partial charge in [0.1, 0.15) is 0 Å². The third-order valence-electron chi connectivity index (χ3n) is 17.7. The van der Waals surface area contributed by atoms with E-state index in [0.29, 0.717) is 0 Å². The van der Waals surface area contributed by atoms with E-state index in [1.165, 1.54) is 379 Å². The first-order valence-electron chi connectivity index (χ1n) is 35.6. The first-order chi connectivity index (χ1) is 35.7. The minimum atomic E-state index is -0.847. The van der Waals surface area contributed by atoms with Gasteiger partial charge in [-0.25, -0.2) is 0 Å². The van der Waals surface area contributed by atoms with Crippen LogP contribution in [0.2, 0.25) is 0 Å². The summed E-state index contributed by atoms with van der Waals surface area (Å²) < 4.78 is 0. The van der Waals surface area contributed by atoms with Crippen LogP contribution in [0.1, 0.15) is 432 Å². The van der Waals surface area contributed by atoms with E-state index in [-0.39, 0.29) is 0 Å². The van der Waals surface area contributed by atoms with Crippen LogP contribution in [0.25, 0.3) is 0 Å². The molecule has 72 heavy (non-hydrogen) atoms. The molecule has 0 aliphatic heterocycles. The molecular weight excluding hydrogens is 884 g/mol. The molecule has 0 aromatic carbocycles. The molecule has 0 spiro atoms. The van der Waals surface area contributed by atoms with Gasteiger partial charge in [0, 0.05) is 7.26 Å². The fraction of sp³-hybridized carbons (Fsp3) is 1.00. The second kappa shape index (κ2) is 65.7. The summed E-state index contributed by atoms with van der Waals surface area (Å²) in [5.74, 6) is 0. The maximum atomic E-state index is 2.34. The summed E-state index contributed by atoms with van der Waals surface area (Å²) in [7, 11) is -0.847. The number of unbranched alkanes of at least 4 members (excludes halogenated alkanes) is 59. The first-order valence-corrected chi connectivity index (χ1v) is 38.1. The molecule has 0 saturated carbocycles. The van der Waals surface area contributed by atoms with Crippen LogP contribution >= 0.6 is 7.26 Å². The van der Waals surface area contributed by atoms with Crippen LogP contribution in [-0.2, 0) is 0 Å². The van der Waals surface area contributed by atoms with E-state index in [2.05, 4.69) is 27.7 Å². The normalized spacial score (nSPS) is 12.0. The smallest absolute Gasteiger partial charge is 0.0594 e. The third kappa shape index (κ3) is 59.7. The molecule has 0 atom stereocenters. The number of hydrogen-bond donors (Lipinski definition) is 0. The highest BCUT2D eigenvalue weighted by Crippen LogP contribution is 2.61. The third-order valence-corrected chi connectivity index (χ3v) is 22.8. The van der Waals surface area contributed by atoms with Crippen LogP contribution in [-0.4, -0.2) is 24.6 Å². The quantitative estimate of drug-likeness (QED) is 0.0421. The lowest BCUT2D eigenvalue weighted by molar-refractivity contribution is 0.530. The van der Waals surface area contributed by atoms with Crippen LogP contribution in [0.5, 0.6) is 0 Å². The second-order valence-electron chi connectivity index (χ2n) is 25.1. The summed E-state index contributed by atoms with van der Waals surface area (Å²) in [4.78, 5) is 0. The Balaban J connectivity index is 4.95. The highest BCUT2D eigenvalue weighted by Gasteiger charge is 2.35. The zero-order valence-corrected chi connectivity index (χ0v) is 52.7. The van der Waals surface area contributed by atoms with Crippen LogP contribution in [0.3, 0.4) is 0 Å². The Morgan fingerprint density at radius 1 is 0.111 bits per heavy atom. The van der Waals surface area contributed by atoms with Crippen LogP contribution < -0.4 is 0 Å². The van der Waals surface area contributed by atoms with Crippen molar-refractivity contribution in [3.05, 3.63) is 0 Å². The molecule has 0 bridgehead atoms.